The van der Waals surface area contributed by atoms with Gasteiger partial charge in [-0.1, -0.05) is 23.7 Å². The molecule has 0 aromatic heterocycles. The molecule has 1 heterocycles. The molecule has 0 saturated carbocycles. The van der Waals surface area contributed by atoms with Crippen molar-refractivity contribution in [1.82, 2.24) is 0 Å². The van der Waals surface area contributed by atoms with Gasteiger partial charge in [-0.2, -0.15) is 0 Å². The van der Waals surface area contributed by atoms with Crippen LogP contribution in [-0.2, 0) is 9.59 Å². The Morgan fingerprint density at radius 3 is 2.70 bits per heavy atom. The summed E-state index contributed by atoms with van der Waals surface area (Å²) in [6, 6.07) is 10.4. The van der Waals surface area contributed by atoms with Gasteiger partial charge in [-0.3, -0.25) is 9.59 Å². The molecule has 118 valence electrons. The third-order valence-electron chi connectivity index (χ3n) is 3.42. The number of para-hydroxylation sites is 2. The summed E-state index contributed by atoms with van der Waals surface area (Å²) in [5, 5.41) is 8.28. The molecule has 2 aromatic carbocycles. The number of amides is 2. The van der Waals surface area contributed by atoms with Gasteiger partial charge in [0, 0.05) is 5.69 Å². The fourth-order valence-corrected chi connectivity index (χ4v) is 2.49. The van der Waals surface area contributed by atoms with Crippen LogP contribution < -0.4 is 16.0 Å². The summed E-state index contributed by atoms with van der Waals surface area (Å²) in [6.07, 6.45) is -0.0604. The summed E-state index contributed by atoms with van der Waals surface area (Å²) in [7, 11) is 0. The maximum absolute atomic E-state index is 13.1. The number of fused-ring (bicyclic) bond motifs is 1. The molecule has 2 amide bonds. The molecule has 0 fully saturated rings. The zero-order valence-electron chi connectivity index (χ0n) is 11.9. The first-order chi connectivity index (χ1) is 11.0. The average molecular weight is 334 g/mol. The standard InChI is InChI=1S/C16H13ClFN3O2/c17-10-7-9(5-6-11(10)18)19-15(22)8-14-16(23)21-13-4-2-1-3-12(13)20-14/h1-7,14,20H,8H2,(H,19,22)(H,21,23)/t14-/m1/s1. The SMILES string of the molecule is O=C(C[C@H]1Nc2ccccc2NC1=O)Nc1ccc(F)c(Cl)c1. The number of halogens is 2. The molecule has 1 atom stereocenters. The number of nitrogens with one attached hydrogen (secondary N) is 3. The molecule has 0 unspecified atom stereocenters. The van der Waals surface area contributed by atoms with Gasteiger partial charge >= 0.3 is 0 Å². The first kappa shape index (κ1) is 15.3. The van der Waals surface area contributed by atoms with Crippen molar-refractivity contribution in [2.24, 2.45) is 0 Å². The predicted octanol–water partition coefficient (Wildman–Crippen LogP) is 3.24. The number of hydrogen-bond acceptors (Lipinski definition) is 3. The van der Waals surface area contributed by atoms with E-state index in [1.807, 2.05) is 18.2 Å². The maximum atomic E-state index is 13.1. The zero-order chi connectivity index (χ0) is 16.4. The van der Waals surface area contributed by atoms with Crippen LogP contribution in [0.2, 0.25) is 5.02 Å². The Bertz CT molecular complexity index is 782. The maximum Gasteiger partial charge on any atom is 0.247 e. The van der Waals surface area contributed by atoms with Crippen LogP contribution in [0.4, 0.5) is 21.5 Å². The van der Waals surface area contributed by atoms with Crippen LogP contribution in [0, 0.1) is 5.82 Å². The summed E-state index contributed by atoms with van der Waals surface area (Å²) in [5.74, 6) is -1.22. The first-order valence-corrected chi connectivity index (χ1v) is 7.32. The molecular formula is C16H13ClFN3O2. The van der Waals surface area contributed by atoms with Crippen LogP contribution in [0.3, 0.4) is 0 Å². The van der Waals surface area contributed by atoms with E-state index in [9.17, 15) is 14.0 Å². The minimum absolute atomic E-state index is 0.0604. The van der Waals surface area contributed by atoms with Gasteiger partial charge in [-0.05, 0) is 30.3 Å². The highest BCUT2D eigenvalue weighted by Gasteiger charge is 2.27. The molecular weight excluding hydrogens is 321 g/mol. The number of rotatable bonds is 3. The van der Waals surface area contributed by atoms with Crippen LogP contribution in [0.25, 0.3) is 0 Å². The third-order valence-corrected chi connectivity index (χ3v) is 3.71. The number of benzene rings is 2. The molecule has 2 aromatic rings. The normalized spacial score (nSPS) is 16.1. The quantitative estimate of drug-likeness (QED) is 0.807. The largest absolute Gasteiger partial charge is 0.372 e. The predicted molar refractivity (Wildman–Crippen MR) is 87.1 cm³/mol. The summed E-state index contributed by atoms with van der Waals surface area (Å²) < 4.78 is 13.1. The van der Waals surface area contributed by atoms with Gasteiger partial charge in [0.1, 0.15) is 11.9 Å². The van der Waals surface area contributed by atoms with Crippen molar-refractivity contribution in [2.75, 3.05) is 16.0 Å². The van der Waals surface area contributed by atoms with E-state index < -0.39 is 11.9 Å². The van der Waals surface area contributed by atoms with Gasteiger partial charge in [-0.15, -0.1) is 0 Å². The lowest BCUT2D eigenvalue weighted by molar-refractivity contribution is -0.122. The van der Waals surface area contributed by atoms with Gasteiger partial charge in [-0.25, -0.2) is 4.39 Å². The molecule has 5 nitrogen and oxygen atoms in total. The van der Waals surface area contributed by atoms with Crippen LogP contribution in [0.5, 0.6) is 0 Å². The number of carbonyl (C=O) groups is 2. The van der Waals surface area contributed by atoms with Crippen molar-refractivity contribution in [1.29, 1.82) is 0 Å². The Kier molecular flexibility index (Phi) is 4.16. The summed E-state index contributed by atoms with van der Waals surface area (Å²) >= 11 is 5.67. The molecule has 0 radical (unpaired) electrons. The van der Waals surface area contributed by atoms with E-state index in [4.69, 9.17) is 11.6 Å². The van der Waals surface area contributed by atoms with Crippen molar-refractivity contribution in [3.8, 4) is 0 Å². The van der Waals surface area contributed by atoms with Crippen molar-refractivity contribution in [3.05, 3.63) is 53.3 Å². The van der Waals surface area contributed by atoms with E-state index in [1.165, 1.54) is 18.2 Å². The Morgan fingerprint density at radius 1 is 1.22 bits per heavy atom. The topological polar surface area (TPSA) is 70.2 Å². The molecule has 23 heavy (non-hydrogen) atoms. The molecule has 0 aliphatic carbocycles. The molecule has 3 N–H and O–H groups in total. The van der Waals surface area contributed by atoms with E-state index in [0.29, 0.717) is 11.4 Å². The lowest BCUT2D eigenvalue weighted by Gasteiger charge is -2.26. The Labute approximate surface area is 136 Å². The second kappa shape index (κ2) is 6.26. The van der Waals surface area contributed by atoms with Crippen LogP contribution >= 0.6 is 11.6 Å². The van der Waals surface area contributed by atoms with Gasteiger partial charge in [0.05, 0.1) is 22.8 Å². The smallest absolute Gasteiger partial charge is 0.247 e. The molecule has 0 saturated heterocycles. The second-order valence-corrected chi connectivity index (χ2v) is 5.52. The summed E-state index contributed by atoms with van der Waals surface area (Å²) in [4.78, 5) is 24.1. The average Bonchev–Trinajstić information content (AvgIpc) is 2.51. The molecule has 0 spiro atoms. The minimum atomic E-state index is -0.680. The highest BCUT2D eigenvalue weighted by atomic mass is 35.5. The van der Waals surface area contributed by atoms with Crippen molar-refractivity contribution < 1.29 is 14.0 Å². The number of carbonyl (C=O) groups excluding carboxylic acids is 2. The van der Waals surface area contributed by atoms with Crippen LogP contribution in [0.15, 0.2) is 42.5 Å². The summed E-state index contributed by atoms with van der Waals surface area (Å²) in [5.41, 5.74) is 1.81. The van der Waals surface area contributed by atoms with Gasteiger partial charge < -0.3 is 16.0 Å². The minimum Gasteiger partial charge on any atom is -0.372 e. The van der Waals surface area contributed by atoms with Gasteiger partial charge in [0.15, 0.2) is 0 Å². The monoisotopic (exact) mass is 333 g/mol. The highest BCUT2D eigenvalue weighted by Crippen LogP contribution is 2.27. The number of anilines is 3. The molecule has 1 aliphatic rings. The first-order valence-electron chi connectivity index (χ1n) is 6.94. The molecule has 3 rings (SSSR count). The Morgan fingerprint density at radius 2 is 1.96 bits per heavy atom. The van der Waals surface area contributed by atoms with E-state index in [1.54, 1.807) is 6.07 Å². The van der Waals surface area contributed by atoms with Crippen molar-refractivity contribution in [2.45, 2.75) is 12.5 Å². The molecule has 7 heteroatoms. The molecule has 0 bridgehead atoms. The third kappa shape index (κ3) is 3.43. The van der Waals surface area contributed by atoms with Gasteiger partial charge in [0.25, 0.3) is 0 Å². The van der Waals surface area contributed by atoms with Crippen molar-refractivity contribution in [3.63, 3.8) is 0 Å². The second-order valence-electron chi connectivity index (χ2n) is 5.11. The lowest BCUT2D eigenvalue weighted by atomic mass is 10.1. The fraction of sp³-hybridized carbons (Fsp3) is 0.125. The molecule has 1 aliphatic heterocycles. The van der Waals surface area contributed by atoms with Crippen molar-refractivity contribution >= 4 is 40.5 Å². The van der Waals surface area contributed by atoms with E-state index in [2.05, 4.69) is 16.0 Å². The van der Waals surface area contributed by atoms with Crippen LogP contribution in [0.1, 0.15) is 6.42 Å². The summed E-state index contributed by atoms with van der Waals surface area (Å²) in [6.45, 7) is 0. The van der Waals surface area contributed by atoms with E-state index >= 15 is 0 Å². The lowest BCUT2D eigenvalue weighted by Crippen LogP contribution is -2.41. The Balaban J connectivity index is 1.66. The van der Waals surface area contributed by atoms with Gasteiger partial charge in [0.2, 0.25) is 11.8 Å². The Hall–Kier alpha value is -2.60. The zero-order valence-corrected chi connectivity index (χ0v) is 12.7. The fourth-order valence-electron chi connectivity index (χ4n) is 2.31. The number of hydrogen-bond donors (Lipinski definition) is 3. The van der Waals surface area contributed by atoms with E-state index in [-0.39, 0.29) is 23.3 Å². The highest BCUT2D eigenvalue weighted by molar-refractivity contribution is 6.31. The van der Waals surface area contributed by atoms with E-state index in [0.717, 1.165) is 5.69 Å². The van der Waals surface area contributed by atoms with Crippen LogP contribution in [-0.4, -0.2) is 17.9 Å².